The van der Waals surface area contributed by atoms with Crippen LogP contribution in [0.3, 0.4) is 0 Å². The number of hydrogen-bond donors (Lipinski definition) is 0. The molecule has 16 heavy (non-hydrogen) atoms. The quantitative estimate of drug-likeness (QED) is 0.489. The number of rotatable bonds is 7. The first kappa shape index (κ1) is 13.5. The van der Waals surface area contributed by atoms with Crippen LogP contribution in [-0.2, 0) is 9.47 Å². The molecule has 92 valence electrons. The first-order valence-electron chi connectivity index (χ1n) is 6.03. The molecule has 0 aromatic carbocycles. The predicted octanol–water partition coefficient (Wildman–Crippen LogP) is 3.05. The van der Waals surface area contributed by atoms with Gasteiger partial charge in [-0.1, -0.05) is 18.2 Å². The first-order chi connectivity index (χ1) is 7.69. The van der Waals surface area contributed by atoms with Crippen molar-refractivity contribution in [2.45, 2.75) is 19.8 Å². The summed E-state index contributed by atoms with van der Waals surface area (Å²) in [5.74, 6) is 1.85. The van der Waals surface area contributed by atoms with Crippen LogP contribution in [0.5, 0.6) is 0 Å². The van der Waals surface area contributed by atoms with Crippen LogP contribution >= 0.6 is 0 Å². The van der Waals surface area contributed by atoms with Gasteiger partial charge < -0.3 is 9.47 Å². The highest BCUT2D eigenvalue weighted by Gasteiger charge is 2.33. The maximum atomic E-state index is 5.63. The van der Waals surface area contributed by atoms with Crippen LogP contribution in [0.15, 0.2) is 24.8 Å². The molecule has 1 aliphatic carbocycles. The molecule has 2 nitrogen and oxygen atoms in total. The molecule has 2 heteroatoms. The third-order valence-corrected chi connectivity index (χ3v) is 3.46. The first-order valence-corrected chi connectivity index (χ1v) is 6.03. The monoisotopic (exact) mass is 224 g/mol. The second-order valence-corrected chi connectivity index (χ2v) is 4.75. The highest BCUT2D eigenvalue weighted by Crippen LogP contribution is 2.40. The number of methoxy groups -OCH3 is 1. The number of ether oxygens (including phenoxy) is 2. The summed E-state index contributed by atoms with van der Waals surface area (Å²) < 4.78 is 10.6. The smallest absolute Gasteiger partial charge is 0.0700 e. The van der Waals surface area contributed by atoms with Crippen molar-refractivity contribution in [3.05, 3.63) is 24.8 Å². The second kappa shape index (κ2) is 6.87. The molecule has 0 aromatic rings. The van der Waals surface area contributed by atoms with E-state index in [9.17, 15) is 0 Å². The molecule has 1 saturated carbocycles. The molecule has 3 unspecified atom stereocenters. The van der Waals surface area contributed by atoms with Crippen molar-refractivity contribution in [1.29, 1.82) is 0 Å². The Morgan fingerprint density at radius 2 is 2.12 bits per heavy atom. The van der Waals surface area contributed by atoms with Gasteiger partial charge >= 0.3 is 0 Å². The van der Waals surface area contributed by atoms with E-state index in [0.29, 0.717) is 31.0 Å². The van der Waals surface area contributed by atoms with Gasteiger partial charge in [0.2, 0.25) is 0 Å². The standard InChI is InChI=1S/C14H24O2/c1-5-12-8-13(10-16-7-6-15-4)14(9-12)11(2)3/h5,12-14H,1-2,6-10H2,3-4H3. The predicted molar refractivity (Wildman–Crippen MR) is 67.4 cm³/mol. The Morgan fingerprint density at radius 1 is 1.38 bits per heavy atom. The Bertz CT molecular complexity index is 235. The van der Waals surface area contributed by atoms with Crippen molar-refractivity contribution in [3.8, 4) is 0 Å². The summed E-state index contributed by atoms with van der Waals surface area (Å²) in [5, 5.41) is 0. The summed E-state index contributed by atoms with van der Waals surface area (Å²) in [6, 6.07) is 0. The largest absolute Gasteiger partial charge is 0.382 e. The van der Waals surface area contributed by atoms with E-state index in [-0.39, 0.29) is 0 Å². The van der Waals surface area contributed by atoms with Gasteiger partial charge in [-0.2, -0.15) is 0 Å². The van der Waals surface area contributed by atoms with Crippen molar-refractivity contribution in [3.63, 3.8) is 0 Å². The van der Waals surface area contributed by atoms with Crippen molar-refractivity contribution < 1.29 is 9.47 Å². The van der Waals surface area contributed by atoms with Crippen LogP contribution in [0.2, 0.25) is 0 Å². The van der Waals surface area contributed by atoms with Crippen molar-refractivity contribution in [2.75, 3.05) is 26.9 Å². The molecule has 1 aliphatic rings. The Balaban J connectivity index is 2.37. The summed E-state index contributed by atoms with van der Waals surface area (Å²) in [5.41, 5.74) is 1.28. The van der Waals surface area contributed by atoms with Crippen LogP contribution in [-0.4, -0.2) is 26.9 Å². The fourth-order valence-corrected chi connectivity index (χ4v) is 2.53. The molecule has 0 aliphatic heterocycles. The van der Waals surface area contributed by atoms with Gasteiger partial charge in [0.05, 0.1) is 19.8 Å². The molecule has 1 fully saturated rings. The van der Waals surface area contributed by atoms with Gasteiger partial charge in [0, 0.05) is 7.11 Å². The Morgan fingerprint density at radius 3 is 2.69 bits per heavy atom. The average Bonchev–Trinajstić information content (AvgIpc) is 2.68. The summed E-state index contributed by atoms with van der Waals surface area (Å²) in [4.78, 5) is 0. The van der Waals surface area contributed by atoms with Gasteiger partial charge in [-0.25, -0.2) is 0 Å². The molecule has 0 N–H and O–H groups in total. The summed E-state index contributed by atoms with van der Waals surface area (Å²) in [6.07, 6.45) is 4.45. The van der Waals surface area contributed by atoms with Crippen LogP contribution in [0, 0.1) is 17.8 Å². The molecule has 1 rings (SSSR count). The molecule has 0 spiro atoms. The lowest BCUT2D eigenvalue weighted by Crippen LogP contribution is -2.17. The molecule has 0 amide bonds. The van der Waals surface area contributed by atoms with Crippen LogP contribution in [0.25, 0.3) is 0 Å². The van der Waals surface area contributed by atoms with Crippen molar-refractivity contribution in [2.24, 2.45) is 17.8 Å². The van der Waals surface area contributed by atoms with E-state index >= 15 is 0 Å². The fourth-order valence-electron chi connectivity index (χ4n) is 2.53. The normalized spacial score (nSPS) is 29.2. The van der Waals surface area contributed by atoms with Crippen molar-refractivity contribution >= 4 is 0 Å². The highest BCUT2D eigenvalue weighted by molar-refractivity contribution is 5.06. The zero-order valence-electron chi connectivity index (χ0n) is 10.6. The summed E-state index contributed by atoms with van der Waals surface area (Å²) >= 11 is 0. The van der Waals surface area contributed by atoms with E-state index in [1.807, 2.05) is 0 Å². The maximum absolute atomic E-state index is 5.63. The molecular formula is C14H24O2. The van der Waals surface area contributed by atoms with Crippen LogP contribution in [0.1, 0.15) is 19.8 Å². The fraction of sp³-hybridized carbons (Fsp3) is 0.714. The Kier molecular flexibility index (Phi) is 5.78. The van der Waals surface area contributed by atoms with E-state index in [1.165, 1.54) is 18.4 Å². The van der Waals surface area contributed by atoms with Crippen LogP contribution < -0.4 is 0 Å². The van der Waals surface area contributed by atoms with Crippen LogP contribution in [0.4, 0.5) is 0 Å². The Hall–Kier alpha value is -0.600. The maximum Gasteiger partial charge on any atom is 0.0700 e. The van der Waals surface area contributed by atoms with Gasteiger partial charge in [0.15, 0.2) is 0 Å². The molecule has 0 aromatic heterocycles. The third-order valence-electron chi connectivity index (χ3n) is 3.46. The molecule has 0 bridgehead atoms. The number of hydrogen-bond acceptors (Lipinski definition) is 2. The van der Waals surface area contributed by atoms with E-state index in [2.05, 4.69) is 26.2 Å². The molecule has 0 heterocycles. The lowest BCUT2D eigenvalue weighted by Gasteiger charge is -2.19. The van der Waals surface area contributed by atoms with Gasteiger partial charge in [-0.15, -0.1) is 6.58 Å². The molecule has 3 atom stereocenters. The minimum atomic E-state index is 0.602. The summed E-state index contributed by atoms with van der Waals surface area (Å²) in [6.45, 7) is 12.3. The Labute approximate surface area is 99.3 Å². The second-order valence-electron chi connectivity index (χ2n) is 4.75. The average molecular weight is 224 g/mol. The van der Waals surface area contributed by atoms with E-state index in [1.54, 1.807) is 7.11 Å². The topological polar surface area (TPSA) is 18.5 Å². The van der Waals surface area contributed by atoms with E-state index in [0.717, 1.165) is 6.61 Å². The SMILES string of the molecule is C=CC1CC(COCCOC)C(C(=C)C)C1. The molecule has 0 radical (unpaired) electrons. The van der Waals surface area contributed by atoms with Crippen molar-refractivity contribution in [1.82, 2.24) is 0 Å². The third kappa shape index (κ3) is 3.76. The lowest BCUT2D eigenvalue weighted by molar-refractivity contribution is 0.0463. The number of allylic oxidation sites excluding steroid dienone is 2. The highest BCUT2D eigenvalue weighted by atomic mass is 16.5. The minimum absolute atomic E-state index is 0.602. The van der Waals surface area contributed by atoms with E-state index in [4.69, 9.17) is 9.47 Å². The molecular weight excluding hydrogens is 200 g/mol. The minimum Gasteiger partial charge on any atom is -0.382 e. The van der Waals surface area contributed by atoms with Gasteiger partial charge in [0.1, 0.15) is 0 Å². The molecule has 0 saturated heterocycles. The van der Waals surface area contributed by atoms with E-state index < -0.39 is 0 Å². The lowest BCUT2D eigenvalue weighted by atomic mass is 9.91. The van der Waals surface area contributed by atoms with Gasteiger partial charge in [-0.3, -0.25) is 0 Å². The van der Waals surface area contributed by atoms with Gasteiger partial charge in [0.25, 0.3) is 0 Å². The summed E-state index contributed by atoms with van der Waals surface area (Å²) in [7, 11) is 1.70. The zero-order valence-corrected chi connectivity index (χ0v) is 10.6. The zero-order chi connectivity index (χ0) is 12.0. The van der Waals surface area contributed by atoms with Gasteiger partial charge in [-0.05, 0) is 37.5 Å².